The summed E-state index contributed by atoms with van der Waals surface area (Å²) >= 11 is 0. The molecule has 1 amide bonds. The SMILES string of the molecule is Cn1c(=O)n(C(=O)N2CC(CCC3CCCCC3)C2)c2cnc(N3CCOCC3)nc21. The number of carbonyl (C=O) groups is 1. The van der Waals surface area contributed by atoms with Crippen molar-refractivity contribution in [2.75, 3.05) is 44.3 Å². The Morgan fingerprint density at radius 3 is 2.55 bits per heavy atom. The van der Waals surface area contributed by atoms with Crippen molar-refractivity contribution in [1.29, 1.82) is 0 Å². The smallest absolute Gasteiger partial charge is 0.338 e. The molecular formula is C22H32N6O3. The number of likely N-dealkylation sites (tertiary alicyclic amines) is 1. The molecule has 3 fully saturated rings. The van der Waals surface area contributed by atoms with Crippen LogP contribution in [-0.4, -0.2) is 69.4 Å². The Kier molecular flexibility index (Phi) is 5.69. The summed E-state index contributed by atoms with van der Waals surface area (Å²) in [5.41, 5.74) is 0.600. The van der Waals surface area contributed by atoms with Crippen molar-refractivity contribution in [2.45, 2.75) is 44.9 Å². The van der Waals surface area contributed by atoms with Gasteiger partial charge in [0.2, 0.25) is 5.95 Å². The van der Waals surface area contributed by atoms with Gasteiger partial charge in [-0.15, -0.1) is 0 Å². The minimum atomic E-state index is -0.362. The van der Waals surface area contributed by atoms with Gasteiger partial charge in [0, 0.05) is 33.2 Å². The zero-order valence-electron chi connectivity index (χ0n) is 18.3. The van der Waals surface area contributed by atoms with E-state index in [2.05, 4.69) is 9.97 Å². The summed E-state index contributed by atoms with van der Waals surface area (Å²) in [7, 11) is 1.66. The second kappa shape index (κ2) is 8.61. The number of nitrogens with zero attached hydrogens (tertiary/aromatic N) is 6. The molecule has 2 aromatic rings. The van der Waals surface area contributed by atoms with Crippen LogP contribution in [0.2, 0.25) is 0 Å². The van der Waals surface area contributed by atoms with Crippen LogP contribution in [0.4, 0.5) is 10.7 Å². The fourth-order valence-corrected chi connectivity index (χ4v) is 5.20. The van der Waals surface area contributed by atoms with Gasteiger partial charge >= 0.3 is 11.7 Å². The highest BCUT2D eigenvalue weighted by Crippen LogP contribution is 2.31. The first-order valence-electron chi connectivity index (χ1n) is 11.7. The lowest BCUT2D eigenvalue weighted by Crippen LogP contribution is -2.53. The average molecular weight is 429 g/mol. The number of amides is 1. The summed E-state index contributed by atoms with van der Waals surface area (Å²) in [6.07, 6.45) is 10.9. The van der Waals surface area contributed by atoms with Crippen molar-refractivity contribution in [3.05, 3.63) is 16.7 Å². The molecule has 0 spiro atoms. The topological polar surface area (TPSA) is 85.5 Å². The van der Waals surface area contributed by atoms with Crippen LogP contribution in [0.3, 0.4) is 0 Å². The number of morpholine rings is 1. The maximum atomic E-state index is 13.1. The lowest BCUT2D eigenvalue weighted by atomic mass is 9.83. The third-order valence-corrected chi connectivity index (χ3v) is 7.19. The summed E-state index contributed by atoms with van der Waals surface area (Å²) in [6, 6.07) is -0.257. The summed E-state index contributed by atoms with van der Waals surface area (Å²) in [5, 5.41) is 0. The lowest BCUT2D eigenvalue weighted by molar-refractivity contribution is 0.110. The maximum absolute atomic E-state index is 13.1. The Bertz CT molecular complexity index is 997. The molecule has 2 saturated heterocycles. The van der Waals surface area contributed by atoms with Gasteiger partial charge in [-0.25, -0.2) is 19.1 Å². The third kappa shape index (κ3) is 3.95. The molecule has 9 heteroatoms. The van der Waals surface area contributed by atoms with Gasteiger partial charge in [0.1, 0.15) is 5.52 Å². The molecule has 1 saturated carbocycles. The molecule has 0 N–H and O–H groups in total. The molecule has 2 aromatic heterocycles. The third-order valence-electron chi connectivity index (χ3n) is 7.19. The number of aromatic nitrogens is 4. The van der Waals surface area contributed by atoms with Gasteiger partial charge in [-0.1, -0.05) is 38.5 Å². The number of rotatable bonds is 4. The van der Waals surface area contributed by atoms with E-state index in [1.165, 1.54) is 54.1 Å². The predicted molar refractivity (Wildman–Crippen MR) is 117 cm³/mol. The van der Waals surface area contributed by atoms with Crippen molar-refractivity contribution in [1.82, 2.24) is 24.0 Å². The molecule has 0 atom stereocenters. The van der Waals surface area contributed by atoms with Crippen LogP contribution < -0.4 is 10.6 Å². The van der Waals surface area contributed by atoms with Gasteiger partial charge in [0.15, 0.2) is 5.65 Å². The predicted octanol–water partition coefficient (Wildman–Crippen LogP) is 2.23. The van der Waals surface area contributed by atoms with E-state index in [1.54, 1.807) is 18.1 Å². The quantitative estimate of drug-likeness (QED) is 0.742. The number of fused-ring (bicyclic) bond motifs is 1. The Morgan fingerprint density at radius 2 is 1.81 bits per heavy atom. The normalized spacial score (nSPS) is 20.9. The van der Waals surface area contributed by atoms with Crippen molar-refractivity contribution in [3.8, 4) is 0 Å². The molecular weight excluding hydrogens is 396 g/mol. The first-order valence-corrected chi connectivity index (χ1v) is 11.7. The van der Waals surface area contributed by atoms with Crippen molar-refractivity contribution < 1.29 is 9.53 Å². The van der Waals surface area contributed by atoms with E-state index in [0.29, 0.717) is 36.2 Å². The minimum Gasteiger partial charge on any atom is -0.378 e. The fraction of sp³-hybridized carbons (Fsp3) is 0.727. The summed E-state index contributed by atoms with van der Waals surface area (Å²) in [4.78, 5) is 38.8. The number of ether oxygens (including phenoxy) is 1. The van der Waals surface area contributed by atoms with Gasteiger partial charge < -0.3 is 14.5 Å². The number of imidazole rings is 1. The number of aryl methyl sites for hydroxylation is 1. The molecule has 9 nitrogen and oxygen atoms in total. The molecule has 5 rings (SSSR count). The Balaban J connectivity index is 1.27. The molecule has 0 unspecified atom stereocenters. The van der Waals surface area contributed by atoms with Crippen LogP contribution in [0.25, 0.3) is 11.2 Å². The summed E-state index contributed by atoms with van der Waals surface area (Å²) < 4.78 is 8.06. The Morgan fingerprint density at radius 1 is 1.10 bits per heavy atom. The standard InChI is InChI=1S/C22H32N6O3/c1-25-19-18(13-23-20(24-19)26-9-11-31-12-10-26)28(21(25)29)22(30)27-14-17(15-27)8-7-16-5-3-2-4-6-16/h13,16-17H,2-12,14-15H2,1H3. The van der Waals surface area contributed by atoms with Gasteiger partial charge in [-0.2, -0.15) is 4.98 Å². The van der Waals surface area contributed by atoms with E-state index >= 15 is 0 Å². The highest BCUT2D eigenvalue weighted by Gasteiger charge is 2.34. The van der Waals surface area contributed by atoms with Crippen LogP contribution in [-0.2, 0) is 11.8 Å². The number of hydrogen-bond donors (Lipinski definition) is 0. The second-order valence-electron chi connectivity index (χ2n) is 9.29. The minimum absolute atomic E-state index is 0.257. The lowest BCUT2D eigenvalue weighted by Gasteiger charge is -2.39. The number of anilines is 1. The molecule has 0 radical (unpaired) electrons. The van der Waals surface area contributed by atoms with E-state index in [4.69, 9.17) is 4.74 Å². The molecule has 31 heavy (non-hydrogen) atoms. The monoisotopic (exact) mass is 428 g/mol. The molecule has 0 aromatic carbocycles. The number of hydrogen-bond acceptors (Lipinski definition) is 6. The summed E-state index contributed by atoms with van der Waals surface area (Å²) in [6.45, 7) is 4.18. The molecule has 0 bridgehead atoms. The summed E-state index contributed by atoms with van der Waals surface area (Å²) in [5.74, 6) is 2.00. The van der Waals surface area contributed by atoms with Crippen LogP contribution in [0.15, 0.2) is 11.0 Å². The number of carbonyl (C=O) groups excluding carboxylic acids is 1. The molecule has 4 heterocycles. The first kappa shape index (κ1) is 20.5. The van der Waals surface area contributed by atoms with E-state index in [1.807, 2.05) is 4.90 Å². The van der Waals surface area contributed by atoms with Crippen LogP contribution >= 0.6 is 0 Å². The molecule has 2 aliphatic heterocycles. The Hall–Kier alpha value is -2.42. The Labute approximate surface area is 182 Å². The highest BCUT2D eigenvalue weighted by atomic mass is 16.5. The molecule has 3 aliphatic rings. The van der Waals surface area contributed by atoms with Gasteiger partial charge in [-0.05, 0) is 18.3 Å². The van der Waals surface area contributed by atoms with Crippen molar-refractivity contribution >= 4 is 23.1 Å². The second-order valence-corrected chi connectivity index (χ2v) is 9.29. The fourth-order valence-electron chi connectivity index (χ4n) is 5.20. The van der Waals surface area contributed by atoms with Crippen LogP contribution in [0, 0.1) is 11.8 Å². The van der Waals surface area contributed by atoms with Gasteiger partial charge in [0.25, 0.3) is 0 Å². The zero-order chi connectivity index (χ0) is 21.4. The first-order chi connectivity index (χ1) is 15.1. The molecule has 168 valence electrons. The van der Waals surface area contributed by atoms with Crippen LogP contribution in [0.1, 0.15) is 44.9 Å². The average Bonchev–Trinajstić information content (AvgIpc) is 3.03. The van der Waals surface area contributed by atoms with Gasteiger partial charge in [0.05, 0.1) is 19.4 Å². The van der Waals surface area contributed by atoms with E-state index in [9.17, 15) is 9.59 Å². The zero-order valence-corrected chi connectivity index (χ0v) is 18.3. The van der Waals surface area contributed by atoms with E-state index < -0.39 is 0 Å². The highest BCUT2D eigenvalue weighted by molar-refractivity contribution is 5.88. The van der Waals surface area contributed by atoms with Gasteiger partial charge in [-0.3, -0.25) is 4.57 Å². The van der Waals surface area contributed by atoms with Crippen molar-refractivity contribution in [3.63, 3.8) is 0 Å². The maximum Gasteiger partial charge on any atom is 0.338 e. The molecule has 1 aliphatic carbocycles. The van der Waals surface area contributed by atoms with Crippen LogP contribution in [0.5, 0.6) is 0 Å². The van der Waals surface area contributed by atoms with Crippen molar-refractivity contribution in [2.24, 2.45) is 18.9 Å². The van der Waals surface area contributed by atoms with E-state index in [0.717, 1.165) is 32.1 Å². The largest absolute Gasteiger partial charge is 0.378 e. The van der Waals surface area contributed by atoms with E-state index in [-0.39, 0.29) is 11.7 Å².